The molecule has 29 heavy (non-hydrogen) atoms. The number of hydrogen-bond donors (Lipinski definition) is 2. The van der Waals surface area contributed by atoms with Crippen LogP contribution in [0.15, 0.2) is 54.6 Å². The van der Waals surface area contributed by atoms with Crippen molar-refractivity contribution in [2.75, 3.05) is 26.7 Å². The number of para-hydroxylation sites is 1. The first-order valence-corrected chi connectivity index (χ1v) is 9.63. The van der Waals surface area contributed by atoms with Crippen molar-refractivity contribution in [1.29, 1.82) is 0 Å². The second kappa shape index (κ2) is 12.7. The first-order chi connectivity index (χ1) is 13.2. The van der Waals surface area contributed by atoms with E-state index in [-0.39, 0.29) is 49.2 Å². The third kappa shape index (κ3) is 6.89. The summed E-state index contributed by atoms with van der Waals surface area (Å²) < 4.78 is 5.56. The van der Waals surface area contributed by atoms with E-state index in [0.29, 0.717) is 6.54 Å². The standard InChI is InChI=1S/C22H29N3O2.2ClH/c1-27-21-12-6-5-11-18(21)20(25-13-7-8-14-25)16-24-22(26)15-19(23)17-9-3-2-4-10-17;;/h2-6,9-12,19-20H,7-8,13-16,23H2,1H3,(H,24,26);2*1H. The molecule has 1 heterocycles. The van der Waals surface area contributed by atoms with E-state index in [0.717, 1.165) is 30.0 Å². The summed E-state index contributed by atoms with van der Waals surface area (Å²) in [6.07, 6.45) is 2.67. The van der Waals surface area contributed by atoms with Crippen LogP contribution in [0.5, 0.6) is 5.75 Å². The van der Waals surface area contributed by atoms with Crippen LogP contribution < -0.4 is 15.8 Å². The Morgan fingerprint density at radius 3 is 2.34 bits per heavy atom. The zero-order valence-electron chi connectivity index (χ0n) is 16.8. The molecule has 1 amide bonds. The molecular weight excluding hydrogens is 409 g/mol. The molecule has 3 rings (SSSR count). The Kier molecular flexibility index (Phi) is 11.1. The monoisotopic (exact) mass is 439 g/mol. The molecule has 0 aromatic heterocycles. The van der Waals surface area contributed by atoms with Gasteiger partial charge in [-0.2, -0.15) is 0 Å². The van der Waals surface area contributed by atoms with Gasteiger partial charge in [0, 0.05) is 24.6 Å². The molecule has 160 valence electrons. The van der Waals surface area contributed by atoms with Gasteiger partial charge in [-0.05, 0) is 37.6 Å². The minimum atomic E-state index is -0.289. The van der Waals surface area contributed by atoms with Crippen molar-refractivity contribution >= 4 is 30.7 Å². The Balaban J connectivity index is 0.00000210. The number of halogens is 2. The van der Waals surface area contributed by atoms with E-state index in [9.17, 15) is 4.79 Å². The predicted molar refractivity (Wildman–Crippen MR) is 122 cm³/mol. The van der Waals surface area contributed by atoms with Crippen LogP contribution in [0.4, 0.5) is 0 Å². The van der Waals surface area contributed by atoms with E-state index >= 15 is 0 Å². The molecule has 7 heteroatoms. The Labute approximate surface area is 185 Å². The van der Waals surface area contributed by atoms with Crippen molar-refractivity contribution in [2.45, 2.75) is 31.3 Å². The molecule has 2 aromatic rings. The molecule has 5 nitrogen and oxygen atoms in total. The predicted octanol–water partition coefficient (Wildman–Crippen LogP) is 3.88. The average Bonchev–Trinajstić information content (AvgIpc) is 3.23. The normalized spacial score (nSPS) is 15.5. The molecule has 2 aromatic carbocycles. The molecule has 2 atom stereocenters. The van der Waals surface area contributed by atoms with E-state index in [2.05, 4.69) is 16.3 Å². The van der Waals surface area contributed by atoms with Gasteiger partial charge in [-0.1, -0.05) is 48.5 Å². The fraction of sp³-hybridized carbons (Fsp3) is 0.409. The summed E-state index contributed by atoms with van der Waals surface area (Å²) >= 11 is 0. The van der Waals surface area contributed by atoms with E-state index in [1.165, 1.54) is 12.8 Å². The van der Waals surface area contributed by atoms with Gasteiger partial charge in [0.25, 0.3) is 0 Å². The summed E-state index contributed by atoms with van der Waals surface area (Å²) in [5.74, 6) is 0.843. The number of benzene rings is 2. The topological polar surface area (TPSA) is 67.6 Å². The fourth-order valence-corrected chi connectivity index (χ4v) is 3.73. The highest BCUT2D eigenvalue weighted by Gasteiger charge is 2.26. The summed E-state index contributed by atoms with van der Waals surface area (Å²) in [6.45, 7) is 2.64. The molecule has 0 saturated carbocycles. The van der Waals surface area contributed by atoms with Crippen LogP contribution in [0.25, 0.3) is 0 Å². The van der Waals surface area contributed by atoms with Crippen LogP contribution >= 0.6 is 24.8 Å². The fourth-order valence-electron chi connectivity index (χ4n) is 3.73. The summed E-state index contributed by atoms with van der Waals surface area (Å²) in [5, 5.41) is 3.09. The summed E-state index contributed by atoms with van der Waals surface area (Å²) in [4.78, 5) is 14.9. The Bertz CT molecular complexity index is 740. The molecule has 1 saturated heterocycles. The van der Waals surface area contributed by atoms with Crippen LogP contribution in [-0.4, -0.2) is 37.6 Å². The van der Waals surface area contributed by atoms with Gasteiger partial charge in [-0.15, -0.1) is 24.8 Å². The van der Waals surface area contributed by atoms with E-state index in [1.54, 1.807) is 7.11 Å². The Morgan fingerprint density at radius 1 is 1.07 bits per heavy atom. The van der Waals surface area contributed by atoms with Gasteiger partial charge in [0.1, 0.15) is 5.75 Å². The number of amides is 1. The molecule has 0 spiro atoms. The SMILES string of the molecule is COc1ccccc1C(CNC(=O)CC(N)c1ccccc1)N1CCCC1.Cl.Cl. The van der Waals surface area contributed by atoms with Crippen molar-refractivity contribution < 1.29 is 9.53 Å². The number of rotatable bonds is 8. The van der Waals surface area contributed by atoms with E-state index in [1.807, 2.05) is 48.5 Å². The molecule has 0 radical (unpaired) electrons. The van der Waals surface area contributed by atoms with Crippen LogP contribution in [0.2, 0.25) is 0 Å². The third-order valence-corrected chi connectivity index (χ3v) is 5.20. The van der Waals surface area contributed by atoms with Gasteiger partial charge in [0.2, 0.25) is 5.91 Å². The van der Waals surface area contributed by atoms with Gasteiger partial charge >= 0.3 is 0 Å². The Morgan fingerprint density at radius 2 is 1.69 bits per heavy atom. The van der Waals surface area contributed by atoms with Crippen molar-refractivity contribution in [2.24, 2.45) is 5.73 Å². The summed E-state index contributed by atoms with van der Waals surface area (Å²) in [6, 6.07) is 17.6. The maximum Gasteiger partial charge on any atom is 0.221 e. The molecule has 0 bridgehead atoms. The van der Waals surface area contributed by atoms with E-state index in [4.69, 9.17) is 10.5 Å². The van der Waals surface area contributed by atoms with Gasteiger partial charge in [0.15, 0.2) is 0 Å². The quantitative estimate of drug-likeness (QED) is 0.654. The smallest absolute Gasteiger partial charge is 0.221 e. The number of nitrogens with two attached hydrogens (primary N) is 1. The van der Waals surface area contributed by atoms with Crippen molar-refractivity contribution in [3.8, 4) is 5.75 Å². The molecule has 1 aliphatic heterocycles. The maximum atomic E-state index is 12.5. The summed E-state index contributed by atoms with van der Waals surface area (Å²) in [5.41, 5.74) is 8.29. The average molecular weight is 440 g/mol. The van der Waals surface area contributed by atoms with Crippen molar-refractivity contribution in [3.63, 3.8) is 0 Å². The lowest BCUT2D eigenvalue weighted by atomic mass is 10.0. The van der Waals surface area contributed by atoms with Crippen LogP contribution in [-0.2, 0) is 4.79 Å². The number of ether oxygens (including phenoxy) is 1. The van der Waals surface area contributed by atoms with Gasteiger partial charge < -0.3 is 15.8 Å². The number of likely N-dealkylation sites (tertiary alicyclic amines) is 1. The van der Waals surface area contributed by atoms with Crippen molar-refractivity contribution in [3.05, 3.63) is 65.7 Å². The summed E-state index contributed by atoms with van der Waals surface area (Å²) in [7, 11) is 1.69. The molecule has 1 fully saturated rings. The lowest BCUT2D eigenvalue weighted by molar-refractivity contribution is -0.121. The van der Waals surface area contributed by atoms with Crippen LogP contribution in [0, 0.1) is 0 Å². The third-order valence-electron chi connectivity index (χ3n) is 5.20. The number of nitrogens with zero attached hydrogens (tertiary/aromatic N) is 1. The number of hydrogen-bond acceptors (Lipinski definition) is 4. The molecule has 1 aliphatic rings. The Hall–Kier alpha value is -1.79. The lowest BCUT2D eigenvalue weighted by Crippen LogP contribution is -2.37. The lowest BCUT2D eigenvalue weighted by Gasteiger charge is -2.29. The van der Waals surface area contributed by atoms with Crippen LogP contribution in [0.1, 0.15) is 42.5 Å². The highest BCUT2D eigenvalue weighted by molar-refractivity contribution is 5.85. The minimum absolute atomic E-state index is 0. The van der Waals surface area contributed by atoms with Crippen molar-refractivity contribution in [1.82, 2.24) is 10.2 Å². The first kappa shape index (κ1) is 25.2. The second-order valence-corrected chi connectivity index (χ2v) is 7.03. The highest BCUT2D eigenvalue weighted by Crippen LogP contribution is 2.31. The number of methoxy groups -OCH3 is 1. The first-order valence-electron chi connectivity index (χ1n) is 9.63. The zero-order chi connectivity index (χ0) is 19.1. The van der Waals surface area contributed by atoms with Crippen LogP contribution in [0.3, 0.4) is 0 Å². The molecular formula is C22H31Cl2N3O2. The van der Waals surface area contributed by atoms with E-state index < -0.39 is 0 Å². The zero-order valence-corrected chi connectivity index (χ0v) is 18.4. The highest BCUT2D eigenvalue weighted by atomic mass is 35.5. The van der Waals surface area contributed by atoms with Gasteiger partial charge in [-0.25, -0.2) is 0 Å². The second-order valence-electron chi connectivity index (χ2n) is 7.03. The largest absolute Gasteiger partial charge is 0.496 e. The maximum absolute atomic E-state index is 12.5. The van der Waals surface area contributed by atoms with Gasteiger partial charge in [0.05, 0.1) is 13.2 Å². The number of carbonyl (C=O) groups is 1. The molecule has 0 aliphatic carbocycles. The molecule has 2 unspecified atom stereocenters. The molecule has 3 N–H and O–H groups in total. The minimum Gasteiger partial charge on any atom is -0.496 e. The number of carbonyl (C=O) groups excluding carboxylic acids is 1. The van der Waals surface area contributed by atoms with Gasteiger partial charge in [-0.3, -0.25) is 9.69 Å². The number of nitrogens with one attached hydrogen (secondary N) is 1.